The second kappa shape index (κ2) is 6.50. The monoisotopic (exact) mass is 316 g/mol. The van der Waals surface area contributed by atoms with Crippen LogP contribution < -0.4 is 0 Å². The van der Waals surface area contributed by atoms with Crippen LogP contribution >= 0.6 is 23.5 Å². The maximum absolute atomic E-state index is 2.31. The topological polar surface area (TPSA) is 0 Å². The highest BCUT2D eigenvalue weighted by molar-refractivity contribution is 8.00. The lowest BCUT2D eigenvalue weighted by molar-refractivity contribution is 0.779. The quantitative estimate of drug-likeness (QED) is 0.602. The van der Waals surface area contributed by atoms with E-state index in [-0.39, 0.29) is 4.75 Å². The Labute approximate surface area is 137 Å². The van der Waals surface area contributed by atoms with Crippen LogP contribution in [0.3, 0.4) is 0 Å². The Hall–Kier alpha value is -0.860. The Morgan fingerprint density at radius 1 is 0.857 bits per heavy atom. The van der Waals surface area contributed by atoms with Crippen molar-refractivity contribution < 1.29 is 0 Å². The van der Waals surface area contributed by atoms with Gasteiger partial charge in [-0.05, 0) is 69.7 Å². The van der Waals surface area contributed by atoms with Crippen molar-refractivity contribution in [2.24, 2.45) is 0 Å². The molecule has 0 unspecified atom stereocenters. The Morgan fingerprint density at radius 3 is 1.86 bits per heavy atom. The predicted octanol–water partition coefficient (Wildman–Crippen LogP) is 6.36. The van der Waals surface area contributed by atoms with Gasteiger partial charge in [-0.25, -0.2) is 0 Å². The van der Waals surface area contributed by atoms with Gasteiger partial charge in [0.1, 0.15) is 0 Å². The Bertz CT molecular complexity index is 602. The summed E-state index contributed by atoms with van der Waals surface area (Å²) in [4.78, 5) is 2.74. The maximum Gasteiger partial charge on any atom is 0.0399 e. The van der Waals surface area contributed by atoms with Crippen LogP contribution in [-0.2, 0) is 4.75 Å². The van der Waals surface area contributed by atoms with Gasteiger partial charge < -0.3 is 0 Å². The van der Waals surface area contributed by atoms with Crippen LogP contribution in [0.1, 0.15) is 36.1 Å². The van der Waals surface area contributed by atoms with Gasteiger partial charge in [0, 0.05) is 14.5 Å². The summed E-state index contributed by atoms with van der Waals surface area (Å²) < 4.78 is 0.0711. The van der Waals surface area contributed by atoms with Gasteiger partial charge in [0.05, 0.1) is 0 Å². The van der Waals surface area contributed by atoms with Crippen molar-refractivity contribution in [2.45, 2.75) is 49.2 Å². The van der Waals surface area contributed by atoms with E-state index in [0.717, 1.165) is 0 Å². The molecular weight excluding hydrogens is 292 g/mol. The first-order valence-corrected chi connectivity index (χ1v) is 9.29. The molecule has 2 aromatic rings. The molecule has 0 saturated carbocycles. The molecule has 0 nitrogen and oxygen atoms in total. The van der Waals surface area contributed by atoms with E-state index in [1.807, 2.05) is 11.8 Å². The van der Waals surface area contributed by atoms with E-state index in [2.05, 4.69) is 77.3 Å². The van der Waals surface area contributed by atoms with E-state index in [0.29, 0.717) is 0 Å². The third-order valence-electron chi connectivity index (χ3n) is 3.75. The number of rotatable bonds is 4. The lowest BCUT2D eigenvalue weighted by atomic mass is 10.0. The van der Waals surface area contributed by atoms with Gasteiger partial charge in [-0.3, -0.25) is 0 Å². The van der Waals surface area contributed by atoms with Crippen LogP contribution in [0.4, 0.5) is 0 Å². The van der Waals surface area contributed by atoms with Gasteiger partial charge in [-0.2, -0.15) is 0 Å². The van der Waals surface area contributed by atoms with E-state index < -0.39 is 0 Å². The van der Waals surface area contributed by atoms with Gasteiger partial charge in [-0.15, -0.1) is 23.5 Å². The molecule has 21 heavy (non-hydrogen) atoms. The number of hydrogen-bond donors (Lipinski definition) is 0. The number of aryl methyl sites for hydroxylation is 3. The van der Waals surface area contributed by atoms with Gasteiger partial charge >= 0.3 is 0 Å². The summed E-state index contributed by atoms with van der Waals surface area (Å²) in [5.74, 6) is 0. The molecule has 0 aromatic heterocycles. The van der Waals surface area contributed by atoms with Gasteiger partial charge in [-0.1, -0.05) is 29.8 Å². The minimum Gasteiger partial charge on any atom is -0.130 e. The van der Waals surface area contributed by atoms with Crippen molar-refractivity contribution in [3.63, 3.8) is 0 Å². The van der Waals surface area contributed by atoms with Crippen LogP contribution in [0, 0.1) is 20.8 Å². The first-order chi connectivity index (χ1) is 9.83. The minimum absolute atomic E-state index is 0.0711. The molecule has 2 rings (SSSR count). The fourth-order valence-electron chi connectivity index (χ4n) is 2.63. The zero-order valence-electron chi connectivity index (χ0n) is 13.8. The third kappa shape index (κ3) is 3.87. The predicted molar refractivity (Wildman–Crippen MR) is 97.8 cm³/mol. The summed E-state index contributed by atoms with van der Waals surface area (Å²) in [7, 11) is 0. The molecule has 0 saturated heterocycles. The standard InChI is InChI=1S/C19H24S2/c1-13-11-14(2)18(15(3)12-13)21-19(4,5)16-7-9-17(20-6)10-8-16/h7-12H,1-6H3. The largest absolute Gasteiger partial charge is 0.130 e. The van der Waals surface area contributed by atoms with Crippen LogP contribution in [0.15, 0.2) is 46.2 Å². The van der Waals surface area contributed by atoms with Crippen LogP contribution in [0.2, 0.25) is 0 Å². The molecule has 112 valence electrons. The average Bonchev–Trinajstić information content (AvgIpc) is 2.43. The van der Waals surface area contributed by atoms with Crippen LogP contribution in [0.5, 0.6) is 0 Å². The summed E-state index contributed by atoms with van der Waals surface area (Å²) in [6.07, 6.45) is 2.12. The van der Waals surface area contributed by atoms with Crippen molar-refractivity contribution >= 4 is 23.5 Å². The van der Waals surface area contributed by atoms with Crippen molar-refractivity contribution in [3.8, 4) is 0 Å². The molecule has 0 amide bonds. The summed E-state index contributed by atoms with van der Waals surface area (Å²) in [6.45, 7) is 11.2. The van der Waals surface area contributed by atoms with Gasteiger partial charge in [0.2, 0.25) is 0 Å². The highest BCUT2D eigenvalue weighted by Crippen LogP contribution is 2.43. The Balaban J connectivity index is 2.32. The fourth-order valence-corrected chi connectivity index (χ4v) is 4.25. The summed E-state index contributed by atoms with van der Waals surface area (Å²) in [5.41, 5.74) is 5.48. The highest BCUT2D eigenvalue weighted by atomic mass is 32.2. The SMILES string of the molecule is CSc1ccc(C(C)(C)Sc2c(C)cc(C)cc2C)cc1. The zero-order valence-corrected chi connectivity index (χ0v) is 15.4. The minimum atomic E-state index is 0.0711. The molecule has 2 heteroatoms. The normalized spacial score (nSPS) is 11.7. The molecular formula is C19H24S2. The van der Waals surface area contributed by atoms with Crippen molar-refractivity contribution in [1.29, 1.82) is 0 Å². The lowest BCUT2D eigenvalue weighted by Crippen LogP contribution is -2.12. The van der Waals surface area contributed by atoms with Gasteiger partial charge in [0.25, 0.3) is 0 Å². The number of thioether (sulfide) groups is 2. The number of benzene rings is 2. The molecule has 0 aliphatic heterocycles. The molecule has 0 bridgehead atoms. The van der Waals surface area contributed by atoms with E-state index in [4.69, 9.17) is 0 Å². The third-order valence-corrected chi connectivity index (χ3v) is 6.08. The van der Waals surface area contributed by atoms with Crippen LogP contribution in [-0.4, -0.2) is 6.26 Å². The molecule has 2 aromatic carbocycles. The first-order valence-electron chi connectivity index (χ1n) is 7.25. The van der Waals surface area contributed by atoms with E-state index >= 15 is 0 Å². The second-order valence-corrected chi connectivity index (χ2v) is 8.58. The van der Waals surface area contributed by atoms with Crippen LogP contribution in [0.25, 0.3) is 0 Å². The van der Waals surface area contributed by atoms with Crippen molar-refractivity contribution in [1.82, 2.24) is 0 Å². The average molecular weight is 317 g/mol. The van der Waals surface area contributed by atoms with E-state index in [1.54, 1.807) is 11.8 Å². The molecule has 0 radical (unpaired) electrons. The molecule has 0 aliphatic rings. The first kappa shape index (κ1) is 16.5. The zero-order chi connectivity index (χ0) is 15.6. The fraction of sp³-hybridized carbons (Fsp3) is 0.368. The van der Waals surface area contributed by atoms with E-state index in [9.17, 15) is 0 Å². The molecule has 0 atom stereocenters. The lowest BCUT2D eigenvalue weighted by Gasteiger charge is -2.27. The second-order valence-electron chi connectivity index (χ2n) is 6.07. The molecule has 0 spiro atoms. The van der Waals surface area contributed by atoms with Crippen molar-refractivity contribution in [3.05, 3.63) is 58.7 Å². The van der Waals surface area contributed by atoms with E-state index in [1.165, 1.54) is 32.0 Å². The summed E-state index contributed by atoms with van der Waals surface area (Å²) in [5, 5.41) is 0. The number of hydrogen-bond acceptors (Lipinski definition) is 2. The molecule has 0 fully saturated rings. The smallest absolute Gasteiger partial charge is 0.0399 e. The Morgan fingerprint density at radius 2 is 1.38 bits per heavy atom. The molecule has 0 N–H and O–H groups in total. The Kier molecular flexibility index (Phi) is 5.11. The van der Waals surface area contributed by atoms with Crippen molar-refractivity contribution in [2.75, 3.05) is 6.26 Å². The van der Waals surface area contributed by atoms with Gasteiger partial charge in [0.15, 0.2) is 0 Å². The maximum atomic E-state index is 2.31. The highest BCUT2D eigenvalue weighted by Gasteiger charge is 2.23. The summed E-state index contributed by atoms with van der Waals surface area (Å²) >= 11 is 3.76. The summed E-state index contributed by atoms with van der Waals surface area (Å²) in [6, 6.07) is 13.5. The molecule has 0 heterocycles. The molecule has 0 aliphatic carbocycles.